The molecule has 1 radical (unpaired) electrons. The van der Waals surface area contributed by atoms with Crippen molar-refractivity contribution in [3.05, 3.63) is 0 Å². The number of rotatable bonds is 6. The topological polar surface area (TPSA) is 54.0 Å². The Morgan fingerprint density at radius 3 is 2.50 bits per heavy atom. The first-order valence-corrected chi connectivity index (χ1v) is 3.70. The fraction of sp³-hybridized carbons (Fsp3) is 1.00. The Hall–Kier alpha value is -0.0600. The molecule has 0 bridgehead atoms. The van der Waals surface area contributed by atoms with Gasteiger partial charge in [0.25, 0.3) is 0 Å². The minimum Gasteiger partial charge on any atom is -0.382 e. The fourth-order valence-corrected chi connectivity index (χ4v) is 0.450. The Labute approximate surface area is 60.1 Å². The highest BCUT2D eigenvalue weighted by Crippen LogP contribution is 2.21. The largest absolute Gasteiger partial charge is 0.397 e. The molecule has 0 spiro atoms. The third-order valence-corrected chi connectivity index (χ3v) is 1.16. The second-order valence-electron chi connectivity index (χ2n) is 1.30. The lowest BCUT2D eigenvalue weighted by Gasteiger charge is -1.98. The Balaban J connectivity index is 2.96. The monoisotopic (exact) mass is 169 g/mol. The lowest BCUT2D eigenvalue weighted by atomic mass is 10.8. The van der Waals surface area contributed by atoms with Crippen LogP contribution in [-0.2, 0) is 23.4 Å². The molecule has 0 saturated heterocycles. The predicted molar refractivity (Wildman–Crippen MR) is 33.5 cm³/mol. The summed E-state index contributed by atoms with van der Waals surface area (Å²) < 4.78 is 23.4. The molecule has 0 rings (SSSR count). The molecule has 61 valence electrons. The highest BCUT2D eigenvalue weighted by Gasteiger charge is 1.97. The van der Waals surface area contributed by atoms with Crippen LogP contribution in [0.3, 0.4) is 0 Å². The van der Waals surface area contributed by atoms with Gasteiger partial charge in [-0.1, -0.05) is 0 Å². The zero-order chi connectivity index (χ0) is 7.82. The molecule has 0 aliphatic heterocycles. The van der Waals surface area contributed by atoms with Gasteiger partial charge in [0.15, 0.2) is 0 Å². The smallest absolute Gasteiger partial charge is 0.382 e. The van der Waals surface area contributed by atoms with Crippen molar-refractivity contribution < 1.29 is 23.4 Å². The summed E-state index contributed by atoms with van der Waals surface area (Å²) in [5.74, 6) is 0. The number of hydrogen-bond acceptors (Lipinski definition) is 5. The van der Waals surface area contributed by atoms with E-state index < -0.39 is 8.25 Å². The summed E-state index contributed by atoms with van der Waals surface area (Å²) in [6.07, 6.45) is 0. The van der Waals surface area contributed by atoms with E-state index in [2.05, 4.69) is 18.8 Å². The van der Waals surface area contributed by atoms with E-state index in [9.17, 15) is 4.57 Å². The normalized spacial score (nSPS) is 11.6. The van der Waals surface area contributed by atoms with Crippen molar-refractivity contribution in [3.8, 4) is 0 Å². The zero-order valence-corrected chi connectivity index (χ0v) is 6.80. The van der Waals surface area contributed by atoms with Crippen LogP contribution < -0.4 is 0 Å². The number of hydrogen-bond donors (Lipinski definition) is 0. The minimum absolute atomic E-state index is 0.237. The van der Waals surface area contributed by atoms with Crippen molar-refractivity contribution in [2.75, 3.05) is 27.4 Å². The van der Waals surface area contributed by atoms with Crippen molar-refractivity contribution in [1.82, 2.24) is 0 Å². The second kappa shape index (κ2) is 7.05. The third kappa shape index (κ3) is 6.07. The van der Waals surface area contributed by atoms with Crippen LogP contribution >= 0.6 is 8.25 Å². The van der Waals surface area contributed by atoms with Crippen LogP contribution in [0.25, 0.3) is 0 Å². The van der Waals surface area contributed by atoms with Crippen LogP contribution in [0.2, 0.25) is 0 Å². The van der Waals surface area contributed by atoms with Gasteiger partial charge in [0.05, 0.1) is 13.7 Å². The lowest BCUT2D eigenvalue weighted by molar-refractivity contribution is -0.215. The fourth-order valence-electron chi connectivity index (χ4n) is 0.228. The third-order valence-electron chi connectivity index (χ3n) is 0.633. The molecule has 0 aromatic carbocycles. The maximum Gasteiger partial charge on any atom is 0.397 e. The highest BCUT2D eigenvalue weighted by molar-refractivity contribution is 7.33. The summed E-state index contributed by atoms with van der Waals surface area (Å²) in [7, 11) is 0.667. The molecule has 0 aliphatic carbocycles. The number of ether oxygens (including phenoxy) is 1. The van der Waals surface area contributed by atoms with Gasteiger partial charge < -0.3 is 4.74 Å². The Kier molecular flexibility index (Phi) is 7.01. The lowest BCUT2D eigenvalue weighted by Crippen LogP contribution is -1.99. The maximum atomic E-state index is 10.3. The van der Waals surface area contributed by atoms with Crippen LogP contribution in [0.15, 0.2) is 0 Å². The Morgan fingerprint density at radius 1 is 1.30 bits per heavy atom. The van der Waals surface area contributed by atoms with E-state index in [1.165, 1.54) is 14.2 Å². The SMILES string of the molecule is COCCOO[P](=O)OC. The van der Waals surface area contributed by atoms with Crippen molar-refractivity contribution >= 4 is 8.25 Å². The minimum atomic E-state index is -2.12. The van der Waals surface area contributed by atoms with E-state index in [1.807, 2.05) is 0 Å². The number of methoxy groups -OCH3 is 1. The van der Waals surface area contributed by atoms with Gasteiger partial charge in [-0.3, -0.25) is 4.52 Å². The van der Waals surface area contributed by atoms with Crippen molar-refractivity contribution in [1.29, 1.82) is 0 Å². The molecular weight excluding hydrogens is 159 g/mol. The maximum absolute atomic E-state index is 10.3. The van der Waals surface area contributed by atoms with Gasteiger partial charge >= 0.3 is 8.25 Å². The van der Waals surface area contributed by atoms with Gasteiger partial charge in [-0.25, -0.2) is 9.45 Å². The van der Waals surface area contributed by atoms with Crippen LogP contribution in [-0.4, -0.2) is 27.4 Å². The molecule has 0 heterocycles. The van der Waals surface area contributed by atoms with Crippen LogP contribution in [0, 0.1) is 0 Å². The molecule has 0 fully saturated rings. The first kappa shape index (κ1) is 9.94. The molecule has 0 N–H and O–H groups in total. The predicted octanol–water partition coefficient (Wildman–Crippen LogP) is 0.885. The van der Waals surface area contributed by atoms with Crippen LogP contribution in [0.4, 0.5) is 0 Å². The molecule has 1 unspecified atom stereocenters. The van der Waals surface area contributed by atoms with Crippen molar-refractivity contribution in [3.63, 3.8) is 0 Å². The molecule has 5 nitrogen and oxygen atoms in total. The summed E-state index contributed by atoms with van der Waals surface area (Å²) in [5.41, 5.74) is 0. The van der Waals surface area contributed by atoms with Gasteiger partial charge in [-0.2, -0.15) is 0 Å². The summed E-state index contributed by atoms with van der Waals surface area (Å²) in [6, 6.07) is 0. The summed E-state index contributed by atoms with van der Waals surface area (Å²) in [6.45, 7) is 0.633. The summed E-state index contributed by atoms with van der Waals surface area (Å²) in [4.78, 5) is 4.39. The van der Waals surface area contributed by atoms with Crippen molar-refractivity contribution in [2.24, 2.45) is 0 Å². The van der Waals surface area contributed by atoms with Crippen LogP contribution in [0.1, 0.15) is 0 Å². The highest BCUT2D eigenvalue weighted by atomic mass is 31.1. The molecule has 0 aliphatic rings. The van der Waals surface area contributed by atoms with E-state index in [-0.39, 0.29) is 6.61 Å². The molecule has 6 heteroatoms. The van der Waals surface area contributed by atoms with Gasteiger partial charge in [-0.15, -0.1) is 4.67 Å². The van der Waals surface area contributed by atoms with Crippen molar-refractivity contribution in [2.45, 2.75) is 0 Å². The van der Waals surface area contributed by atoms with E-state index >= 15 is 0 Å². The van der Waals surface area contributed by atoms with E-state index in [4.69, 9.17) is 0 Å². The molecule has 0 saturated carbocycles. The molecule has 1 atom stereocenters. The molecule has 0 amide bonds. The quantitative estimate of drug-likeness (QED) is 0.256. The average Bonchev–Trinajstić information content (AvgIpc) is 1.98. The second-order valence-corrected chi connectivity index (χ2v) is 2.26. The molecular formula is C4H10O5P. The van der Waals surface area contributed by atoms with Crippen LogP contribution in [0.5, 0.6) is 0 Å². The first-order chi connectivity index (χ1) is 4.81. The van der Waals surface area contributed by atoms with Gasteiger partial charge in [0.1, 0.15) is 6.61 Å². The molecule has 0 aromatic rings. The Bertz CT molecular complexity index is 95.6. The van der Waals surface area contributed by atoms with E-state index in [0.717, 1.165) is 0 Å². The standard InChI is InChI=1S/C4H10O5P/c1-6-3-4-8-9-10(5)7-2/h3-4H2,1-2H3. The Morgan fingerprint density at radius 2 is 2.00 bits per heavy atom. The molecule has 10 heavy (non-hydrogen) atoms. The van der Waals surface area contributed by atoms with Gasteiger partial charge in [0.2, 0.25) is 0 Å². The molecule has 0 aromatic heterocycles. The van der Waals surface area contributed by atoms with Gasteiger partial charge in [-0.05, 0) is 0 Å². The summed E-state index contributed by atoms with van der Waals surface area (Å²) in [5, 5.41) is 0. The van der Waals surface area contributed by atoms with E-state index in [0.29, 0.717) is 6.61 Å². The zero-order valence-electron chi connectivity index (χ0n) is 5.90. The first-order valence-electron chi connectivity index (χ1n) is 2.61. The van der Waals surface area contributed by atoms with Gasteiger partial charge in [0, 0.05) is 7.11 Å². The average molecular weight is 169 g/mol. The van der Waals surface area contributed by atoms with E-state index in [1.54, 1.807) is 0 Å². The summed E-state index contributed by atoms with van der Waals surface area (Å²) >= 11 is 0.